The van der Waals surface area contributed by atoms with E-state index in [-0.39, 0.29) is 18.6 Å². The Labute approximate surface area is 150 Å². The Morgan fingerprint density at radius 3 is 2.08 bits per heavy atom. The minimum Gasteiger partial charge on any atom is -0.394 e. The summed E-state index contributed by atoms with van der Waals surface area (Å²) in [6.07, 6.45) is 15.3. The Balaban J connectivity index is 3.56. The highest BCUT2D eigenvalue weighted by Gasteiger charge is 2.13. The fourth-order valence-corrected chi connectivity index (χ4v) is 3.08. The number of carbonyl (C=O) groups is 1. The van der Waals surface area contributed by atoms with E-state index in [9.17, 15) is 9.90 Å². The summed E-state index contributed by atoms with van der Waals surface area (Å²) in [6.45, 7) is 5.00. The molecule has 4 nitrogen and oxygen atoms in total. The molecule has 0 aromatic rings. The van der Waals surface area contributed by atoms with Gasteiger partial charge in [-0.2, -0.15) is 0 Å². The maximum absolute atomic E-state index is 12.0. The fraction of sp³-hybridized carbons (Fsp3) is 0.950. The predicted octanol–water partition coefficient (Wildman–Crippen LogP) is 4.15. The summed E-state index contributed by atoms with van der Waals surface area (Å²) in [5.74, 6) is 0.484. The van der Waals surface area contributed by atoms with E-state index in [0.717, 1.165) is 19.3 Å². The number of rotatable bonds is 17. The van der Waals surface area contributed by atoms with Gasteiger partial charge in [-0.3, -0.25) is 4.79 Å². The Hall–Kier alpha value is -0.610. The number of aliphatic hydroxyl groups excluding tert-OH is 1. The second-order valence-electron chi connectivity index (χ2n) is 7.30. The van der Waals surface area contributed by atoms with Gasteiger partial charge in [0.2, 0.25) is 5.91 Å². The lowest BCUT2D eigenvalue weighted by molar-refractivity contribution is -0.123. The van der Waals surface area contributed by atoms with Crippen LogP contribution in [0, 0.1) is 5.92 Å². The third kappa shape index (κ3) is 14.9. The Kier molecular flexibility index (Phi) is 16.8. The van der Waals surface area contributed by atoms with E-state index in [2.05, 4.69) is 19.2 Å². The topological polar surface area (TPSA) is 75.3 Å². The summed E-state index contributed by atoms with van der Waals surface area (Å²) < 4.78 is 0. The van der Waals surface area contributed by atoms with Crippen molar-refractivity contribution in [1.82, 2.24) is 5.32 Å². The van der Waals surface area contributed by atoms with Crippen molar-refractivity contribution in [2.24, 2.45) is 11.7 Å². The first kappa shape index (κ1) is 23.4. The van der Waals surface area contributed by atoms with Crippen LogP contribution >= 0.6 is 0 Å². The zero-order chi connectivity index (χ0) is 18.0. The van der Waals surface area contributed by atoms with Gasteiger partial charge in [-0.05, 0) is 25.3 Å². The third-order valence-electron chi connectivity index (χ3n) is 4.68. The number of nitrogens with two attached hydrogens (primary N) is 1. The molecule has 0 spiro atoms. The Bertz CT molecular complexity index is 285. The summed E-state index contributed by atoms with van der Waals surface area (Å²) in [4.78, 5) is 12.0. The molecule has 0 bridgehead atoms. The minimum atomic E-state index is -0.138. The number of amides is 1. The van der Waals surface area contributed by atoms with Crippen molar-refractivity contribution in [3.05, 3.63) is 0 Å². The maximum atomic E-state index is 12.0. The molecule has 0 rings (SSSR count). The molecule has 0 unspecified atom stereocenters. The van der Waals surface area contributed by atoms with Crippen LogP contribution in [0.1, 0.15) is 97.3 Å². The molecule has 0 radical (unpaired) electrons. The van der Waals surface area contributed by atoms with E-state index >= 15 is 0 Å². The van der Waals surface area contributed by atoms with Gasteiger partial charge < -0.3 is 16.2 Å². The molecule has 0 fully saturated rings. The molecule has 1 amide bonds. The molecule has 0 aromatic heterocycles. The zero-order valence-corrected chi connectivity index (χ0v) is 16.2. The molecule has 0 saturated heterocycles. The number of carbonyl (C=O) groups excluding carboxylic acids is 1. The summed E-state index contributed by atoms with van der Waals surface area (Å²) >= 11 is 0. The van der Waals surface area contributed by atoms with Crippen molar-refractivity contribution < 1.29 is 9.90 Å². The SMILES string of the molecule is CCCCCCCCCCC[C@@H](C)CC(=O)N[C@@H](CO)CCCN. The average Bonchev–Trinajstić information content (AvgIpc) is 2.57. The Morgan fingerprint density at radius 1 is 0.958 bits per heavy atom. The molecule has 0 saturated carbocycles. The van der Waals surface area contributed by atoms with Gasteiger partial charge in [0.15, 0.2) is 0 Å². The lowest BCUT2D eigenvalue weighted by Gasteiger charge is -2.17. The molecular formula is C20H42N2O2. The standard InChI is InChI=1S/C20H42N2O2/c1-3-4-5-6-7-8-9-10-11-13-18(2)16-20(24)22-19(17-23)14-12-15-21/h18-19,23H,3-17,21H2,1-2H3,(H,22,24)/t18-,19-/m1/s1. The van der Waals surface area contributed by atoms with Crippen molar-refractivity contribution in [3.8, 4) is 0 Å². The molecule has 24 heavy (non-hydrogen) atoms. The van der Waals surface area contributed by atoms with Crippen LogP contribution in [0.15, 0.2) is 0 Å². The molecule has 0 aliphatic rings. The van der Waals surface area contributed by atoms with E-state index < -0.39 is 0 Å². The van der Waals surface area contributed by atoms with Crippen molar-refractivity contribution >= 4 is 5.91 Å². The van der Waals surface area contributed by atoms with Crippen molar-refractivity contribution in [2.75, 3.05) is 13.2 Å². The van der Waals surface area contributed by atoms with Gasteiger partial charge in [0, 0.05) is 6.42 Å². The molecule has 0 aliphatic carbocycles. The highest BCUT2D eigenvalue weighted by molar-refractivity contribution is 5.76. The quantitative estimate of drug-likeness (QED) is 0.348. The van der Waals surface area contributed by atoms with Gasteiger partial charge in [-0.25, -0.2) is 0 Å². The van der Waals surface area contributed by atoms with Crippen LogP contribution in [0.3, 0.4) is 0 Å². The van der Waals surface area contributed by atoms with Gasteiger partial charge in [0.1, 0.15) is 0 Å². The van der Waals surface area contributed by atoms with Gasteiger partial charge in [-0.15, -0.1) is 0 Å². The lowest BCUT2D eigenvalue weighted by Crippen LogP contribution is -2.38. The molecule has 144 valence electrons. The lowest BCUT2D eigenvalue weighted by atomic mass is 9.98. The Morgan fingerprint density at radius 2 is 1.54 bits per heavy atom. The number of hydrogen-bond acceptors (Lipinski definition) is 3. The largest absolute Gasteiger partial charge is 0.394 e. The van der Waals surface area contributed by atoms with E-state index in [0.29, 0.717) is 18.9 Å². The summed E-state index contributed by atoms with van der Waals surface area (Å²) in [5.41, 5.74) is 5.47. The minimum absolute atomic E-state index is 0.00161. The highest BCUT2D eigenvalue weighted by atomic mass is 16.3. The van der Waals surface area contributed by atoms with Crippen molar-refractivity contribution in [1.29, 1.82) is 0 Å². The van der Waals surface area contributed by atoms with Crippen LogP contribution in [0.2, 0.25) is 0 Å². The predicted molar refractivity (Wildman–Crippen MR) is 103 cm³/mol. The maximum Gasteiger partial charge on any atom is 0.220 e. The molecule has 0 heterocycles. The second kappa shape index (κ2) is 17.2. The van der Waals surface area contributed by atoms with Crippen LogP contribution in [-0.4, -0.2) is 30.2 Å². The highest BCUT2D eigenvalue weighted by Crippen LogP contribution is 2.15. The molecular weight excluding hydrogens is 300 g/mol. The van der Waals surface area contributed by atoms with Gasteiger partial charge >= 0.3 is 0 Å². The van der Waals surface area contributed by atoms with Gasteiger partial charge in [-0.1, -0.05) is 78.1 Å². The molecule has 4 heteroatoms. The van der Waals surface area contributed by atoms with Crippen LogP contribution in [0.25, 0.3) is 0 Å². The number of unbranched alkanes of at least 4 members (excludes halogenated alkanes) is 8. The monoisotopic (exact) mass is 342 g/mol. The number of hydrogen-bond donors (Lipinski definition) is 3. The summed E-state index contributed by atoms with van der Waals surface area (Å²) in [5, 5.41) is 12.2. The van der Waals surface area contributed by atoms with Gasteiger partial charge in [0.25, 0.3) is 0 Å². The summed E-state index contributed by atoms with van der Waals surface area (Å²) in [7, 11) is 0. The molecule has 0 aliphatic heterocycles. The first-order chi connectivity index (χ1) is 11.6. The second-order valence-corrected chi connectivity index (χ2v) is 7.30. The number of nitrogens with one attached hydrogen (secondary N) is 1. The van der Waals surface area contributed by atoms with Crippen LogP contribution in [-0.2, 0) is 4.79 Å². The van der Waals surface area contributed by atoms with Crippen LogP contribution in [0.5, 0.6) is 0 Å². The molecule has 2 atom stereocenters. The molecule has 0 aromatic carbocycles. The van der Waals surface area contributed by atoms with Crippen molar-refractivity contribution in [3.63, 3.8) is 0 Å². The first-order valence-corrected chi connectivity index (χ1v) is 10.2. The van der Waals surface area contributed by atoms with E-state index in [1.165, 1.54) is 57.8 Å². The normalized spacial score (nSPS) is 13.7. The first-order valence-electron chi connectivity index (χ1n) is 10.2. The van der Waals surface area contributed by atoms with E-state index in [1.54, 1.807) is 0 Å². The third-order valence-corrected chi connectivity index (χ3v) is 4.68. The zero-order valence-electron chi connectivity index (χ0n) is 16.2. The molecule has 4 N–H and O–H groups in total. The average molecular weight is 343 g/mol. The smallest absolute Gasteiger partial charge is 0.220 e. The van der Waals surface area contributed by atoms with E-state index in [4.69, 9.17) is 5.73 Å². The summed E-state index contributed by atoms with van der Waals surface area (Å²) in [6, 6.07) is -0.138. The van der Waals surface area contributed by atoms with Crippen LogP contribution in [0.4, 0.5) is 0 Å². The van der Waals surface area contributed by atoms with Crippen molar-refractivity contribution in [2.45, 2.75) is 103 Å². The van der Waals surface area contributed by atoms with Crippen LogP contribution < -0.4 is 11.1 Å². The number of aliphatic hydroxyl groups is 1. The van der Waals surface area contributed by atoms with Gasteiger partial charge in [0.05, 0.1) is 12.6 Å². The van der Waals surface area contributed by atoms with E-state index in [1.807, 2.05) is 0 Å². The fourth-order valence-electron chi connectivity index (χ4n) is 3.08.